The molecule has 1 fully saturated rings. The molecule has 0 aliphatic carbocycles. The van der Waals surface area contributed by atoms with Crippen molar-refractivity contribution in [1.82, 2.24) is 10.3 Å². The van der Waals surface area contributed by atoms with Crippen molar-refractivity contribution in [2.24, 2.45) is 0 Å². The molecule has 0 bridgehead atoms. The van der Waals surface area contributed by atoms with E-state index < -0.39 is 11.9 Å². The van der Waals surface area contributed by atoms with Gasteiger partial charge in [-0.2, -0.15) is 0 Å². The van der Waals surface area contributed by atoms with E-state index in [9.17, 15) is 0 Å². The monoisotopic (exact) mass is 253 g/mol. The van der Waals surface area contributed by atoms with E-state index in [-0.39, 0.29) is 0 Å². The Hall–Kier alpha value is -2.15. The van der Waals surface area contributed by atoms with Crippen LogP contribution in [-0.2, 0) is 9.59 Å². The van der Waals surface area contributed by atoms with Gasteiger partial charge in [-0.1, -0.05) is 0 Å². The van der Waals surface area contributed by atoms with Gasteiger partial charge in [-0.15, -0.1) is 0 Å². The zero-order chi connectivity index (χ0) is 13.4. The van der Waals surface area contributed by atoms with Crippen LogP contribution >= 0.6 is 0 Å². The van der Waals surface area contributed by atoms with E-state index in [4.69, 9.17) is 19.8 Å². The highest BCUT2D eigenvalue weighted by molar-refractivity contribution is 6.27. The first-order valence-corrected chi connectivity index (χ1v) is 5.43. The van der Waals surface area contributed by atoms with Crippen molar-refractivity contribution >= 4 is 17.6 Å². The lowest BCUT2D eigenvalue weighted by Crippen LogP contribution is -2.43. The van der Waals surface area contributed by atoms with Crippen molar-refractivity contribution in [3.05, 3.63) is 24.5 Å². The number of rotatable bonds is 1. The summed E-state index contributed by atoms with van der Waals surface area (Å²) in [7, 11) is 0. The number of aromatic nitrogens is 1. The quantitative estimate of drug-likeness (QED) is 0.587. The first-order chi connectivity index (χ1) is 8.61. The fraction of sp³-hybridized carbons (Fsp3) is 0.364. The number of hydrogen-bond acceptors (Lipinski definition) is 5. The molecule has 1 aliphatic rings. The first-order valence-electron chi connectivity index (χ1n) is 5.43. The maximum Gasteiger partial charge on any atom is 0.414 e. The maximum absolute atomic E-state index is 9.10. The molecule has 3 N–H and O–H groups in total. The zero-order valence-corrected chi connectivity index (χ0v) is 9.74. The van der Waals surface area contributed by atoms with E-state index in [1.807, 2.05) is 18.5 Å². The minimum absolute atomic E-state index is 1.08. The van der Waals surface area contributed by atoms with Gasteiger partial charge in [0.05, 0.1) is 11.9 Å². The number of aliphatic carboxylic acids is 2. The van der Waals surface area contributed by atoms with Crippen LogP contribution in [0.2, 0.25) is 0 Å². The molecule has 1 aliphatic heterocycles. The van der Waals surface area contributed by atoms with Gasteiger partial charge >= 0.3 is 11.9 Å². The number of carbonyl (C=O) groups is 2. The van der Waals surface area contributed by atoms with Crippen LogP contribution in [0.4, 0.5) is 5.69 Å². The predicted molar refractivity (Wildman–Crippen MR) is 64.6 cm³/mol. The Morgan fingerprint density at radius 2 is 1.83 bits per heavy atom. The number of anilines is 1. The highest BCUT2D eigenvalue weighted by Gasteiger charge is 2.09. The van der Waals surface area contributed by atoms with Crippen LogP contribution in [0.5, 0.6) is 0 Å². The average molecular weight is 253 g/mol. The van der Waals surface area contributed by atoms with Crippen LogP contribution in [-0.4, -0.2) is 53.3 Å². The standard InChI is InChI=1S/C9H13N3.C2H2O4/c1-2-9(8-11-3-1)12-6-4-10-5-7-12;3-1(4)2(5)6/h1-3,8,10H,4-7H2;(H,3,4)(H,5,6). The number of carboxylic acid groups (broad SMARTS) is 2. The van der Waals surface area contributed by atoms with Crippen LogP contribution in [0, 0.1) is 0 Å². The molecule has 1 saturated heterocycles. The largest absolute Gasteiger partial charge is 0.473 e. The van der Waals surface area contributed by atoms with Gasteiger partial charge in [-0.3, -0.25) is 4.98 Å². The molecule has 0 radical (unpaired) electrons. The topological polar surface area (TPSA) is 103 Å². The summed E-state index contributed by atoms with van der Waals surface area (Å²) in [6, 6.07) is 4.09. The lowest BCUT2D eigenvalue weighted by molar-refractivity contribution is -0.159. The van der Waals surface area contributed by atoms with Gasteiger partial charge in [0.2, 0.25) is 0 Å². The van der Waals surface area contributed by atoms with Crippen LogP contribution in [0.3, 0.4) is 0 Å². The third kappa shape index (κ3) is 4.79. The van der Waals surface area contributed by atoms with Crippen LogP contribution in [0.1, 0.15) is 0 Å². The van der Waals surface area contributed by atoms with Crippen molar-refractivity contribution in [3.8, 4) is 0 Å². The third-order valence-corrected chi connectivity index (χ3v) is 2.31. The Kier molecular flexibility index (Phi) is 5.59. The van der Waals surface area contributed by atoms with Gasteiger partial charge < -0.3 is 20.4 Å². The van der Waals surface area contributed by atoms with Gasteiger partial charge in [0.25, 0.3) is 0 Å². The molecule has 0 aromatic carbocycles. The second-order valence-corrected chi connectivity index (χ2v) is 3.56. The minimum atomic E-state index is -1.82. The molecular weight excluding hydrogens is 238 g/mol. The lowest BCUT2D eigenvalue weighted by atomic mass is 10.3. The molecule has 2 rings (SSSR count). The maximum atomic E-state index is 9.10. The number of hydrogen-bond donors (Lipinski definition) is 3. The Morgan fingerprint density at radius 3 is 2.28 bits per heavy atom. The summed E-state index contributed by atoms with van der Waals surface area (Å²) in [6.07, 6.45) is 3.73. The summed E-state index contributed by atoms with van der Waals surface area (Å²) in [5, 5.41) is 18.1. The predicted octanol–water partition coefficient (Wildman–Crippen LogP) is -0.353. The Bertz CT molecular complexity index is 379. The lowest BCUT2D eigenvalue weighted by Gasteiger charge is -2.28. The fourth-order valence-electron chi connectivity index (χ4n) is 1.46. The average Bonchev–Trinajstić information content (AvgIpc) is 2.41. The minimum Gasteiger partial charge on any atom is -0.473 e. The molecule has 1 aromatic heterocycles. The van der Waals surface area contributed by atoms with Crippen LogP contribution in [0.15, 0.2) is 24.5 Å². The van der Waals surface area contributed by atoms with E-state index in [0.717, 1.165) is 26.2 Å². The van der Waals surface area contributed by atoms with E-state index in [1.165, 1.54) is 5.69 Å². The fourth-order valence-corrected chi connectivity index (χ4v) is 1.46. The Balaban J connectivity index is 0.000000232. The summed E-state index contributed by atoms with van der Waals surface area (Å²) in [5.74, 6) is -3.65. The Labute approximate surface area is 104 Å². The van der Waals surface area contributed by atoms with Crippen LogP contribution < -0.4 is 10.2 Å². The molecule has 0 spiro atoms. The smallest absolute Gasteiger partial charge is 0.414 e. The van der Waals surface area contributed by atoms with E-state index in [1.54, 1.807) is 0 Å². The molecule has 0 atom stereocenters. The van der Waals surface area contributed by atoms with Crippen molar-refractivity contribution in [3.63, 3.8) is 0 Å². The summed E-state index contributed by atoms with van der Waals surface area (Å²) < 4.78 is 0. The molecule has 7 nitrogen and oxygen atoms in total. The molecule has 7 heteroatoms. The molecule has 18 heavy (non-hydrogen) atoms. The number of carboxylic acids is 2. The molecule has 0 unspecified atom stereocenters. The van der Waals surface area contributed by atoms with Gasteiger partial charge in [-0.05, 0) is 12.1 Å². The van der Waals surface area contributed by atoms with Crippen molar-refractivity contribution < 1.29 is 19.8 Å². The zero-order valence-electron chi connectivity index (χ0n) is 9.74. The van der Waals surface area contributed by atoms with Crippen molar-refractivity contribution in [2.45, 2.75) is 0 Å². The number of pyridine rings is 1. The summed E-state index contributed by atoms with van der Waals surface area (Å²) in [4.78, 5) is 24.6. The highest BCUT2D eigenvalue weighted by Crippen LogP contribution is 2.11. The van der Waals surface area contributed by atoms with Gasteiger partial charge in [0.1, 0.15) is 0 Å². The van der Waals surface area contributed by atoms with E-state index >= 15 is 0 Å². The van der Waals surface area contributed by atoms with Crippen molar-refractivity contribution in [1.29, 1.82) is 0 Å². The van der Waals surface area contributed by atoms with Crippen molar-refractivity contribution in [2.75, 3.05) is 31.1 Å². The second-order valence-electron chi connectivity index (χ2n) is 3.56. The summed E-state index contributed by atoms with van der Waals surface area (Å²) in [5.41, 5.74) is 1.24. The summed E-state index contributed by atoms with van der Waals surface area (Å²) in [6.45, 7) is 4.33. The summed E-state index contributed by atoms with van der Waals surface area (Å²) >= 11 is 0. The first kappa shape index (κ1) is 13.9. The van der Waals surface area contributed by atoms with E-state index in [2.05, 4.69) is 21.3 Å². The highest BCUT2D eigenvalue weighted by atomic mass is 16.4. The van der Waals surface area contributed by atoms with Gasteiger partial charge in [0, 0.05) is 32.4 Å². The molecule has 0 amide bonds. The molecular formula is C11H15N3O4. The molecule has 2 heterocycles. The van der Waals surface area contributed by atoms with Crippen LogP contribution in [0.25, 0.3) is 0 Å². The van der Waals surface area contributed by atoms with Gasteiger partial charge in [0.15, 0.2) is 0 Å². The normalized spacial score (nSPS) is 14.3. The third-order valence-electron chi connectivity index (χ3n) is 2.31. The molecule has 98 valence electrons. The number of nitrogens with one attached hydrogen (secondary N) is 1. The SMILES string of the molecule is O=C(O)C(=O)O.c1cncc(N2CCNCC2)c1. The number of nitrogens with zero attached hydrogens (tertiary/aromatic N) is 2. The molecule has 0 saturated carbocycles. The molecule has 1 aromatic rings. The van der Waals surface area contributed by atoms with Gasteiger partial charge in [-0.25, -0.2) is 9.59 Å². The Morgan fingerprint density at radius 1 is 1.22 bits per heavy atom. The second kappa shape index (κ2) is 7.23. The van der Waals surface area contributed by atoms with E-state index in [0.29, 0.717) is 0 Å². The number of piperazine rings is 1.